The maximum Gasteiger partial charge on any atom is 0.272 e. The molecule has 0 saturated carbocycles. The maximum absolute atomic E-state index is 12.5. The molecular weight excluding hydrogens is 320 g/mol. The summed E-state index contributed by atoms with van der Waals surface area (Å²) in [5, 5.41) is 4.03. The van der Waals surface area contributed by atoms with Crippen LogP contribution in [-0.4, -0.2) is 10.9 Å². The first kappa shape index (κ1) is 23.4. The Labute approximate surface area is 158 Å². The summed E-state index contributed by atoms with van der Waals surface area (Å²) in [6, 6.07) is 6.09. The van der Waals surface area contributed by atoms with Crippen LogP contribution >= 0.6 is 0 Å². The highest BCUT2D eigenvalue weighted by atomic mass is 16.1. The number of nitrogens with one attached hydrogen (secondary N) is 2. The van der Waals surface area contributed by atoms with Crippen molar-refractivity contribution in [1.82, 2.24) is 10.3 Å². The highest BCUT2D eigenvalue weighted by Crippen LogP contribution is 2.24. The van der Waals surface area contributed by atoms with Gasteiger partial charge >= 0.3 is 0 Å². The minimum atomic E-state index is -0.146. The van der Waals surface area contributed by atoms with Crippen LogP contribution in [0.3, 0.4) is 0 Å². The topological polar surface area (TPSA) is 44.9 Å². The number of amides is 1. The second-order valence-electron chi connectivity index (χ2n) is 5.57. The van der Waals surface area contributed by atoms with Crippen molar-refractivity contribution in [3.63, 3.8) is 0 Å². The first-order valence-corrected chi connectivity index (χ1v) is 8.98. The Hall–Kier alpha value is -2.55. The molecule has 0 spiro atoms. The average molecular weight is 355 g/mol. The minimum absolute atomic E-state index is 0. The molecule has 2 N–H and O–H groups in total. The molecule has 3 heteroatoms. The van der Waals surface area contributed by atoms with E-state index in [4.69, 9.17) is 0 Å². The lowest BCUT2D eigenvalue weighted by Gasteiger charge is -2.05. The van der Waals surface area contributed by atoms with E-state index in [1.807, 2.05) is 45.1 Å². The number of benzene rings is 1. The van der Waals surface area contributed by atoms with Crippen LogP contribution in [0.5, 0.6) is 0 Å². The molecule has 0 atom stereocenters. The van der Waals surface area contributed by atoms with Gasteiger partial charge in [-0.1, -0.05) is 59.4 Å². The van der Waals surface area contributed by atoms with Gasteiger partial charge in [-0.05, 0) is 55.7 Å². The van der Waals surface area contributed by atoms with E-state index in [-0.39, 0.29) is 13.3 Å². The van der Waals surface area contributed by atoms with Gasteiger partial charge in [-0.25, -0.2) is 0 Å². The van der Waals surface area contributed by atoms with Crippen molar-refractivity contribution < 1.29 is 4.79 Å². The maximum atomic E-state index is 12.5. The number of rotatable bonds is 6. The van der Waals surface area contributed by atoms with Crippen molar-refractivity contribution in [2.24, 2.45) is 0 Å². The van der Waals surface area contributed by atoms with Gasteiger partial charge < -0.3 is 10.3 Å². The number of allylic oxidation sites excluding steroid dienone is 4. The highest BCUT2D eigenvalue weighted by Gasteiger charge is 2.13. The zero-order valence-corrected chi connectivity index (χ0v) is 16.1. The number of fused-ring (bicyclic) bond motifs is 1. The van der Waals surface area contributed by atoms with Gasteiger partial charge in [0.25, 0.3) is 5.91 Å². The lowest BCUT2D eigenvalue weighted by Crippen LogP contribution is -2.22. The number of aryl methyl sites for hydroxylation is 2. The Morgan fingerprint density at radius 1 is 1.31 bits per heavy atom. The molecule has 142 valence electrons. The van der Waals surface area contributed by atoms with E-state index in [0.717, 1.165) is 29.4 Å². The van der Waals surface area contributed by atoms with E-state index in [9.17, 15) is 4.79 Å². The molecule has 26 heavy (non-hydrogen) atoms. The summed E-state index contributed by atoms with van der Waals surface area (Å²) >= 11 is 0. The molecular formula is C23H34N2O. The molecule has 1 aromatic carbocycles. The summed E-state index contributed by atoms with van der Waals surface area (Å²) < 4.78 is 0. The van der Waals surface area contributed by atoms with E-state index in [1.54, 1.807) is 12.2 Å². The molecule has 2 rings (SSSR count). The second-order valence-corrected chi connectivity index (χ2v) is 5.57. The van der Waals surface area contributed by atoms with Gasteiger partial charge in [0.05, 0.1) is 0 Å². The summed E-state index contributed by atoms with van der Waals surface area (Å²) in [7, 11) is 0. The number of carbonyl (C=O) groups excluding carboxylic acids is 1. The van der Waals surface area contributed by atoms with Crippen molar-refractivity contribution in [2.45, 2.75) is 54.9 Å². The van der Waals surface area contributed by atoms with Gasteiger partial charge in [0, 0.05) is 16.6 Å². The largest absolute Gasteiger partial charge is 0.351 e. The van der Waals surface area contributed by atoms with Gasteiger partial charge in [0.1, 0.15) is 5.69 Å². The van der Waals surface area contributed by atoms with Crippen LogP contribution in [0.4, 0.5) is 0 Å². The molecule has 0 saturated heterocycles. The van der Waals surface area contributed by atoms with E-state index in [1.165, 1.54) is 11.1 Å². The van der Waals surface area contributed by atoms with Crippen LogP contribution in [-0.2, 0) is 6.42 Å². The fourth-order valence-electron chi connectivity index (χ4n) is 2.72. The number of hydrogen-bond donors (Lipinski definition) is 2. The summed E-state index contributed by atoms with van der Waals surface area (Å²) in [6.07, 6.45) is 9.25. The molecule has 0 unspecified atom stereocenters. The van der Waals surface area contributed by atoms with Crippen LogP contribution in [0.25, 0.3) is 10.9 Å². The molecule has 0 fully saturated rings. The van der Waals surface area contributed by atoms with E-state index in [0.29, 0.717) is 5.69 Å². The quantitative estimate of drug-likeness (QED) is 0.574. The summed E-state index contributed by atoms with van der Waals surface area (Å²) in [6.45, 7) is 13.9. The Bertz CT molecular complexity index is 779. The smallest absolute Gasteiger partial charge is 0.272 e. The fourth-order valence-corrected chi connectivity index (χ4v) is 2.72. The number of aromatic amines is 1. The third-order valence-corrected chi connectivity index (χ3v) is 3.80. The minimum Gasteiger partial charge on any atom is -0.351 e. The molecule has 2 aromatic rings. The van der Waals surface area contributed by atoms with E-state index in [2.05, 4.69) is 36.8 Å². The lowest BCUT2D eigenvalue weighted by molar-refractivity contribution is 0.0963. The average Bonchev–Trinajstić information content (AvgIpc) is 3.04. The van der Waals surface area contributed by atoms with Crippen LogP contribution in [0.1, 0.15) is 63.2 Å². The standard InChI is InChI=1S/C20H24N2O.C2H6.CH4/c1-5-8-15(9-6-2)21-20(23)19-13-17-16(10-7-3)14(4)11-12-18(17)22-19;1-2;/h5-6,8-9,11-13,22H,1,7,10H2,2-4H3,(H,21,23);1-2H3;1H4/b9-6-,15-8+;;. The van der Waals surface area contributed by atoms with Crippen LogP contribution < -0.4 is 5.32 Å². The molecule has 1 aromatic heterocycles. The molecule has 1 heterocycles. The number of hydrogen-bond acceptors (Lipinski definition) is 1. The first-order valence-electron chi connectivity index (χ1n) is 8.98. The summed E-state index contributed by atoms with van der Waals surface area (Å²) in [4.78, 5) is 15.7. The molecule has 3 nitrogen and oxygen atoms in total. The van der Waals surface area contributed by atoms with E-state index < -0.39 is 0 Å². The Morgan fingerprint density at radius 3 is 2.58 bits per heavy atom. The second kappa shape index (κ2) is 11.9. The molecule has 1 amide bonds. The monoisotopic (exact) mass is 354 g/mol. The fraction of sp³-hybridized carbons (Fsp3) is 0.348. The van der Waals surface area contributed by atoms with Crippen molar-refractivity contribution in [1.29, 1.82) is 0 Å². The zero-order valence-electron chi connectivity index (χ0n) is 16.1. The van der Waals surface area contributed by atoms with Gasteiger partial charge in [-0.15, -0.1) is 0 Å². The summed E-state index contributed by atoms with van der Waals surface area (Å²) in [5.74, 6) is -0.146. The van der Waals surface area contributed by atoms with Gasteiger partial charge in [0.15, 0.2) is 0 Å². The molecule has 0 aliphatic carbocycles. The van der Waals surface area contributed by atoms with Gasteiger partial charge in [-0.2, -0.15) is 0 Å². The van der Waals surface area contributed by atoms with Crippen molar-refractivity contribution in [3.8, 4) is 0 Å². The zero-order chi connectivity index (χ0) is 18.8. The molecule has 0 bridgehead atoms. The third-order valence-electron chi connectivity index (χ3n) is 3.80. The van der Waals surface area contributed by atoms with Crippen molar-refractivity contribution >= 4 is 16.8 Å². The Kier molecular flexibility index (Phi) is 10.7. The SMILES string of the molecule is C.C=C/C=C(\C=C/C)NC(=O)c1cc2c(CCC)c(C)ccc2[nH]1.CC. The Morgan fingerprint density at radius 2 is 2.00 bits per heavy atom. The highest BCUT2D eigenvalue weighted by molar-refractivity contribution is 6.00. The van der Waals surface area contributed by atoms with Gasteiger partial charge in [-0.3, -0.25) is 4.79 Å². The van der Waals surface area contributed by atoms with E-state index >= 15 is 0 Å². The number of carbonyl (C=O) groups is 1. The van der Waals surface area contributed by atoms with Crippen molar-refractivity contribution in [2.75, 3.05) is 0 Å². The molecule has 0 aliphatic heterocycles. The van der Waals surface area contributed by atoms with Crippen LogP contribution in [0.15, 0.2) is 54.8 Å². The van der Waals surface area contributed by atoms with Gasteiger partial charge in [0.2, 0.25) is 0 Å². The van der Waals surface area contributed by atoms with Crippen LogP contribution in [0, 0.1) is 6.92 Å². The molecule has 0 aliphatic rings. The van der Waals surface area contributed by atoms with Crippen LogP contribution in [0.2, 0.25) is 0 Å². The summed E-state index contributed by atoms with van der Waals surface area (Å²) in [5.41, 5.74) is 4.88. The first-order chi connectivity index (χ1) is 12.1. The number of H-pyrrole nitrogens is 1. The Balaban J connectivity index is 0.00000201. The third kappa shape index (κ3) is 5.76. The lowest BCUT2D eigenvalue weighted by atomic mass is 10.00. The predicted octanol–water partition coefficient (Wildman–Crippen LogP) is 6.47. The van der Waals surface area contributed by atoms with Crippen molar-refractivity contribution in [3.05, 3.63) is 71.6 Å². The predicted molar refractivity (Wildman–Crippen MR) is 116 cm³/mol. The normalized spacial score (nSPS) is 10.9. The molecule has 0 radical (unpaired) electrons. The number of aromatic nitrogens is 1.